The Morgan fingerprint density at radius 3 is 2.82 bits per heavy atom. The summed E-state index contributed by atoms with van der Waals surface area (Å²) in [4.78, 5) is 0. The van der Waals surface area contributed by atoms with Crippen LogP contribution in [0.2, 0.25) is 0 Å². The average molecular weight is 386 g/mol. The number of hydrogen-bond donors (Lipinski definition) is 1. The highest BCUT2D eigenvalue weighted by atomic mass is 19.1. The van der Waals surface area contributed by atoms with Gasteiger partial charge in [-0.3, -0.25) is 5.01 Å². The van der Waals surface area contributed by atoms with Crippen LogP contribution >= 0.6 is 0 Å². The first kappa shape index (κ1) is 17.4. The van der Waals surface area contributed by atoms with Crippen molar-refractivity contribution in [3.63, 3.8) is 0 Å². The predicted molar refractivity (Wildman–Crippen MR) is 95.1 cm³/mol. The van der Waals surface area contributed by atoms with Gasteiger partial charge in [0, 0.05) is 18.5 Å². The smallest absolute Gasteiger partial charge is 0.175 e. The molecule has 2 atom stereocenters. The number of rotatable bonds is 3. The second kappa shape index (κ2) is 5.92. The molecular weight excluding hydrogens is 366 g/mol. The van der Waals surface area contributed by atoms with E-state index in [1.54, 1.807) is 9.69 Å². The van der Waals surface area contributed by atoms with Gasteiger partial charge in [-0.15, -0.1) is 5.10 Å². The molecule has 3 aliphatic rings. The van der Waals surface area contributed by atoms with Gasteiger partial charge in [0.15, 0.2) is 11.5 Å². The van der Waals surface area contributed by atoms with Crippen LogP contribution in [-0.4, -0.2) is 47.6 Å². The minimum atomic E-state index is -1.22. The molecule has 1 N–H and O–H groups in total. The summed E-state index contributed by atoms with van der Waals surface area (Å²) in [6.07, 6.45) is 4.30. The summed E-state index contributed by atoms with van der Waals surface area (Å²) in [6.45, 7) is 5.05. The fraction of sp³-hybridized carbons (Fsp3) is 0.421. The van der Waals surface area contributed by atoms with Crippen molar-refractivity contribution in [1.29, 1.82) is 0 Å². The highest BCUT2D eigenvalue weighted by molar-refractivity contribution is 5.46. The van der Waals surface area contributed by atoms with Crippen LogP contribution in [0.5, 0.6) is 0 Å². The maximum absolute atomic E-state index is 14.7. The van der Waals surface area contributed by atoms with Crippen molar-refractivity contribution < 1.29 is 13.9 Å². The van der Waals surface area contributed by atoms with Crippen molar-refractivity contribution in [1.82, 2.24) is 30.2 Å². The number of nitrogens with zero attached hydrogens (tertiary/aromatic N) is 6. The van der Waals surface area contributed by atoms with Crippen molar-refractivity contribution in [3.05, 3.63) is 64.6 Å². The van der Waals surface area contributed by atoms with E-state index in [1.165, 1.54) is 6.07 Å². The van der Waals surface area contributed by atoms with Gasteiger partial charge in [-0.25, -0.2) is 18.5 Å². The van der Waals surface area contributed by atoms with Crippen LogP contribution in [0.1, 0.15) is 37.7 Å². The van der Waals surface area contributed by atoms with Gasteiger partial charge in [0.1, 0.15) is 17.7 Å². The average Bonchev–Trinajstić information content (AvgIpc) is 3.33. The fourth-order valence-electron chi connectivity index (χ4n) is 4.40. The molecule has 3 aliphatic heterocycles. The zero-order chi connectivity index (χ0) is 19.6. The summed E-state index contributed by atoms with van der Waals surface area (Å²) in [6, 6.07) is 2.61. The molecular formula is C19H20F2N6O. The topological polar surface area (TPSA) is 70.3 Å². The third-order valence-corrected chi connectivity index (χ3v) is 5.65. The van der Waals surface area contributed by atoms with Gasteiger partial charge in [-0.1, -0.05) is 19.9 Å². The Morgan fingerprint density at radius 1 is 1.25 bits per heavy atom. The first-order chi connectivity index (χ1) is 13.4. The number of aromatic nitrogens is 4. The fourth-order valence-corrected chi connectivity index (χ4v) is 4.40. The molecule has 2 unspecified atom stereocenters. The lowest BCUT2D eigenvalue weighted by molar-refractivity contribution is -0.163. The number of benzene rings is 1. The number of fused-ring (bicyclic) bond motifs is 3. The summed E-state index contributed by atoms with van der Waals surface area (Å²) < 4.78 is 30.3. The van der Waals surface area contributed by atoms with Gasteiger partial charge in [-0.2, -0.15) is 0 Å². The van der Waals surface area contributed by atoms with Crippen LogP contribution in [-0.2, 0) is 6.54 Å². The summed E-state index contributed by atoms with van der Waals surface area (Å²) in [5.74, 6) is -0.443. The zero-order valence-electron chi connectivity index (χ0n) is 15.5. The van der Waals surface area contributed by atoms with E-state index in [2.05, 4.69) is 29.4 Å². The van der Waals surface area contributed by atoms with Crippen LogP contribution in [0.25, 0.3) is 0 Å². The number of hydrazine groups is 1. The molecule has 28 heavy (non-hydrogen) atoms. The molecule has 1 aromatic carbocycles. The predicted octanol–water partition coefficient (Wildman–Crippen LogP) is 2.15. The maximum atomic E-state index is 14.7. The third kappa shape index (κ3) is 2.36. The lowest BCUT2D eigenvalue weighted by Gasteiger charge is -2.45. The van der Waals surface area contributed by atoms with Crippen molar-refractivity contribution >= 4 is 0 Å². The molecule has 0 aliphatic carbocycles. The first-order valence-corrected chi connectivity index (χ1v) is 9.32. The summed E-state index contributed by atoms with van der Waals surface area (Å²) in [7, 11) is 0. The minimum absolute atomic E-state index is 0.136. The van der Waals surface area contributed by atoms with Gasteiger partial charge in [0.05, 0.1) is 12.2 Å². The molecule has 0 amide bonds. The van der Waals surface area contributed by atoms with Crippen LogP contribution in [0.4, 0.5) is 8.78 Å². The van der Waals surface area contributed by atoms with Crippen LogP contribution in [0.3, 0.4) is 0 Å². The molecule has 1 aromatic heterocycles. The molecule has 0 saturated heterocycles. The number of tetrazole rings is 1. The molecule has 0 fully saturated rings. The van der Waals surface area contributed by atoms with Gasteiger partial charge < -0.3 is 5.11 Å². The van der Waals surface area contributed by atoms with Crippen molar-refractivity contribution in [2.24, 2.45) is 5.92 Å². The maximum Gasteiger partial charge on any atom is 0.175 e. The lowest BCUT2D eigenvalue weighted by atomic mass is 9.96. The minimum Gasteiger partial charge on any atom is -0.366 e. The van der Waals surface area contributed by atoms with E-state index in [0.29, 0.717) is 25.3 Å². The highest BCUT2D eigenvalue weighted by Crippen LogP contribution is 2.49. The van der Waals surface area contributed by atoms with E-state index >= 15 is 0 Å². The van der Waals surface area contributed by atoms with Gasteiger partial charge in [0.2, 0.25) is 0 Å². The molecule has 0 saturated carbocycles. The van der Waals surface area contributed by atoms with Crippen LogP contribution in [0.15, 0.2) is 41.6 Å². The van der Waals surface area contributed by atoms with Crippen LogP contribution < -0.4 is 0 Å². The Kier molecular flexibility index (Phi) is 3.69. The second-order valence-corrected chi connectivity index (χ2v) is 7.73. The normalized spacial score (nSPS) is 26.6. The molecule has 5 rings (SSSR count). The van der Waals surface area contributed by atoms with E-state index < -0.39 is 23.4 Å². The Balaban J connectivity index is 1.64. The van der Waals surface area contributed by atoms with Gasteiger partial charge in [-0.05, 0) is 46.2 Å². The van der Waals surface area contributed by atoms with E-state index in [4.69, 9.17) is 0 Å². The lowest BCUT2D eigenvalue weighted by Crippen LogP contribution is -2.55. The quantitative estimate of drug-likeness (QED) is 0.872. The first-order valence-electron chi connectivity index (χ1n) is 9.32. The molecule has 0 radical (unpaired) electrons. The Morgan fingerprint density at radius 2 is 2.07 bits per heavy atom. The molecule has 9 heteroatoms. The molecule has 2 aromatic rings. The number of allylic oxidation sites excluding steroid dienone is 1. The number of aliphatic hydroxyl groups is 1. The van der Waals surface area contributed by atoms with Crippen molar-refractivity contribution in [2.45, 2.75) is 38.6 Å². The highest BCUT2D eigenvalue weighted by Gasteiger charge is 2.52. The second-order valence-electron chi connectivity index (χ2n) is 7.73. The van der Waals surface area contributed by atoms with E-state index in [1.807, 2.05) is 17.2 Å². The zero-order valence-corrected chi connectivity index (χ0v) is 15.5. The molecule has 7 nitrogen and oxygen atoms in total. The van der Waals surface area contributed by atoms with Gasteiger partial charge in [0.25, 0.3) is 0 Å². The molecule has 4 heterocycles. The SMILES string of the molecule is CC(C)C1=CC2(O)CC=C1N2N1CCn2nnnc2C1c1cc(F)ccc1F. The monoisotopic (exact) mass is 386 g/mol. The Bertz CT molecular complexity index is 1020. The standard InChI is InChI=1S/C19H20F2N6O/c1-11(2)14-10-19(28)6-5-16(14)27(19)26-8-7-25-18(22-23-24-25)17(26)13-9-12(20)3-4-15(13)21/h3-5,9-11,17,28H,6-8H2,1-2H3. The third-order valence-electron chi connectivity index (χ3n) is 5.65. The Labute approximate surface area is 160 Å². The van der Waals surface area contributed by atoms with E-state index in [-0.39, 0.29) is 11.5 Å². The molecule has 2 bridgehead atoms. The van der Waals surface area contributed by atoms with Crippen molar-refractivity contribution in [3.8, 4) is 0 Å². The molecule has 0 spiro atoms. The number of hydrogen-bond acceptors (Lipinski definition) is 6. The van der Waals surface area contributed by atoms with Crippen LogP contribution in [0, 0.1) is 17.6 Å². The van der Waals surface area contributed by atoms with Gasteiger partial charge >= 0.3 is 0 Å². The van der Waals surface area contributed by atoms with E-state index in [9.17, 15) is 13.9 Å². The Hall–Kier alpha value is -2.65. The number of halogens is 2. The largest absolute Gasteiger partial charge is 0.366 e. The summed E-state index contributed by atoms with van der Waals surface area (Å²) >= 11 is 0. The summed E-state index contributed by atoms with van der Waals surface area (Å²) in [5.41, 5.74) is 0.863. The van der Waals surface area contributed by atoms with E-state index in [0.717, 1.165) is 23.4 Å². The molecule has 146 valence electrons. The summed E-state index contributed by atoms with van der Waals surface area (Å²) in [5, 5.41) is 26.7. The van der Waals surface area contributed by atoms with Crippen molar-refractivity contribution in [2.75, 3.05) is 6.54 Å².